The lowest BCUT2D eigenvalue weighted by atomic mass is 10.2. The Morgan fingerprint density at radius 3 is 2.76 bits per heavy atom. The van der Waals surface area contributed by atoms with Crippen molar-refractivity contribution in [2.75, 3.05) is 7.11 Å². The normalized spacial score (nSPS) is 19.9. The first-order valence-corrected chi connectivity index (χ1v) is 6.58. The van der Waals surface area contributed by atoms with Crippen LogP contribution in [0.15, 0.2) is 23.4 Å². The predicted molar refractivity (Wildman–Crippen MR) is 76.9 cm³/mol. The van der Waals surface area contributed by atoms with Gasteiger partial charge in [0.1, 0.15) is 0 Å². The molecule has 112 valence electrons. The van der Waals surface area contributed by atoms with Gasteiger partial charge < -0.3 is 14.9 Å². The van der Waals surface area contributed by atoms with E-state index in [1.807, 2.05) is 0 Å². The fourth-order valence-corrected chi connectivity index (χ4v) is 3.27. The Kier molecular flexibility index (Phi) is 4.13. The molecule has 3 rings (SSSR count). The molecule has 2 N–H and O–H groups in total. The lowest BCUT2D eigenvalue weighted by Gasteiger charge is -2.13. The molecule has 0 fully saturated rings. The summed E-state index contributed by atoms with van der Waals surface area (Å²) in [7, 11) is 1.25. The van der Waals surface area contributed by atoms with Crippen LogP contribution in [-0.2, 0) is 9.53 Å². The van der Waals surface area contributed by atoms with E-state index in [0.29, 0.717) is 16.2 Å². The van der Waals surface area contributed by atoms with Gasteiger partial charge in [0.25, 0.3) is 0 Å². The van der Waals surface area contributed by atoms with Crippen molar-refractivity contribution in [1.82, 2.24) is 9.55 Å². The highest BCUT2D eigenvalue weighted by Crippen LogP contribution is 2.41. The number of esters is 1. The first kappa shape index (κ1) is 15.6. The summed E-state index contributed by atoms with van der Waals surface area (Å²) in [6.07, 6.45) is -1.13. The number of carboxylic acid groups (broad SMARTS) is 1. The summed E-state index contributed by atoms with van der Waals surface area (Å²) in [6, 6.07) is 4.45. The van der Waals surface area contributed by atoms with Crippen molar-refractivity contribution < 1.29 is 24.5 Å². The topological polar surface area (TPSA) is 102 Å². The number of aliphatic hydroxyl groups is 1. The van der Waals surface area contributed by atoms with Crippen LogP contribution in [-0.4, -0.2) is 44.1 Å². The van der Waals surface area contributed by atoms with Crippen LogP contribution in [0.3, 0.4) is 0 Å². The summed E-state index contributed by atoms with van der Waals surface area (Å²) < 4.78 is 6.08. The van der Waals surface area contributed by atoms with Gasteiger partial charge in [0.05, 0.1) is 23.7 Å². The molecule has 2 aromatic rings. The van der Waals surface area contributed by atoms with Gasteiger partial charge in [0.15, 0.2) is 16.6 Å². The molecule has 2 unspecified atom stereocenters. The number of aromatic nitrogens is 2. The minimum absolute atomic E-state index is 0. The number of carboxylic acids is 1. The highest BCUT2D eigenvalue weighted by molar-refractivity contribution is 8.00. The number of ether oxygens (including phenoxy) is 1. The molecule has 2 atom stereocenters. The van der Waals surface area contributed by atoms with Crippen molar-refractivity contribution in [1.29, 1.82) is 0 Å². The van der Waals surface area contributed by atoms with Crippen LogP contribution in [0.4, 0.5) is 0 Å². The number of aliphatic hydroxyl groups excluding tert-OH is 1. The van der Waals surface area contributed by atoms with Gasteiger partial charge in [-0.05, 0) is 18.2 Å². The van der Waals surface area contributed by atoms with Crippen molar-refractivity contribution in [3.8, 4) is 0 Å². The largest absolute Gasteiger partial charge is 0.478 e. The number of benzene rings is 1. The maximum absolute atomic E-state index is 11.6. The number of imidazole rings is 1. The third-order valence-electron chi connectivity index (χ3n) is 3.11. The average molecular weight is 331 g/mol. The molecule has 9 heteroatoms. The zero-order chi connectivity index (χ0) is 14.4. The molecule has 1 aromatic heterocycles. The van der Waals surface area contributed by atoms with E-state index < -0.39 is 23.4 Å². The molecule has 0 bridgehead atoms. The Morgan fingerprint density at radius 2 is 2.14 bits per heavy atom. The van der Waals surface area contributed by atoms with Crippen molar-refractivity contribution in [3.05, 3.63) is 23.8 Å². The zero-order valence-corrected chi connectivity index (χ0v) is 12.3. The van der Waals surface area contributed by atoms with E-state index in [1.165, 1.54) is 23.8 Å². The van der Waals surface area contributed by atoms with E-state index in [2.05, 4.69) is 9.72 Å². The van der Waals surface area contributed by atoms with E-state index in [0.717, 1.165) is 11.8 Å². The molecule has 7 nitrogen and oxygen atoms in total. The van der Waals surface area contributed by atoms with Crippen LogP contribution in [0.1, 0.15) is 16.6 Å². The number of rotatable bonds is 2. The van der Waals surface area contributed by atoms with E-state index in [-0.39, 0.29) is 18.0 Å². The summed E-state index contributed by atoms with van der Waals surface area (Å²) in [5, 5.41) is 18.9. The number of nitrogens with zero attached hydrogens (tertiary/aromatic N) is 2. The number of hydrogen-bond acceptors (Lipinski definition) is 6. The zero-order valence-electron chi connectivity index (χ0n) is 10.7. The van der Waals surface area contributed by atoms with Crippen LogP contribution in [0.5, 0.6) is 0 Å². The standard InChI is InChI=1S/C12H10N2O5S.ClH/c1-19-11(18)8-9(15)14-7-4-5(10(16)17)2-3-6(7)13-12(14)20-8;/h2-4,8-9,15H,1H3,(H,16,17);1H. The van der Waals surface area contributed by atoms with Gasteiger partial charge in [-0.25, -0.2) is 9.78 Å². The third-order valence-corrected chi connectivity index (χ3v) is 4.29. The first-order valence-electron chi connectivity index (χ1n) is 5.70. The molecular formula is C12H11ClN2O5S. The summed E-state index contributed by atoms with van der Waals surface area (Å²) in [5.74, 6) is -1.61. The SMILES string of the molecule is COC(=O)C1Sc2nc3ccc(C(=O)O)cc3n2C1O.Cl. The summed E-state index contributed by atoms with van der Waals surface area (Å²) in [5.41, 5.74) is 1.14. The molecular weight excluding hydrogens is 320 g/mol. The van der Waals surface area contributed by atoms with Crippen LogP contribution in [0.2, 0.25) is 0 Å². The smallest absolute Gasteiger partial charge is 0.335 e. The Balaban J connectivity index is 0.00000161. The molecule has 1 aliphatic rings. The Hall–Kier alpha value is -1.77. The Bertz CT molecular complexity index is 732. The quantitative estimate of drug-likeness (QED) is 0.800. The maximum Gasteiger partial charge on any atom is 0.335 e. The van der Waals surface area contributed by atoms with Gasteiger partial charge in [0, 0.05) is 0 Å². The molecule has 1 aliphatic heterocycles. The summed E-state index contributed by atoms with van der Waals surface area (Å²) >= 11 is 1.10. The molecule has 0 spiro atoms. The van der Waals surface area contributed by atoms with Crippen molar-refractivity contribution >= 4 is 47.1 Å². The molecule has 0 saturated heterocycles. The molecule has 21 heavy (non-hydrogen) atoms. The minimum atomic E-state index is -1.13. The second kappa shape index (κ2) is 5.55. The van der Waals surface area contributed by atoms with Gasteiger partial charge >= 0.3 is 11.9 Å². The Morgan fingerprint density at radius 1 is 1.43 bits per heavy atom. The minimum Gasteiger partial charge on any atom is -0.478 e. The highest BCUT2D eigenvalue weighted by atomic mass is 35.5. The second-order valence-corrected chi connectivity index (χ2v) is 5.36. The van der Waals surface area contributed by atoms with Gasteiger partial charge in [-0.1, -0.05) is 11.8 Å². The number of carbonyl (C=O) groups excluding carboxylic acids is 1. The van der Waals surface area contributed by atoms with E-state index in [4.69, 9.17) is 5.11 Å². The van der Waals surface area contributed by atoms with Crippen molar-refractivity contribution in [3.63, 3.8) is 0 Å². The number of halogens is 1. The van der Waals surface area contributed by atoms with Crippen molar-refractivity contribution in [2.45, 2.75) is 16.6 Å². The van der Waals surface area contributed by atoms with E-state index >= 15 is 0 Å². The van der Waals surface area contributed by atoms with E-state index in [9.17, 15) is 14.7 Å². The van der Waals surface area contributed by atoms with Gasteiger partial charge in [-0.2, -0.15) is 0 Å². The van der Waals surface area contributed by atoms with Gasteiger partial charge in [-0.15, -0.1) is 12.4 Å². The molecule has 2 heterocycles. The molecule has 0 saturated carbocycles. The number of carbonyl (C=O) groups is 2. The van der Waals surface area contributed by atoms with Crippen LogP contribution in [0, 0.1) is 0 Å². The summed E-state index contributed by atoms with van der Waals surface area (Å²) in [6.45, 7) is 0. The van der Waals surface area contributed by atoms with E-state index in [1.54, 1.807) is 6.07 Å². The fraction of sp³-hybridized carbons (Fsp3) is 0.250. The number of methoxy groups -OCH3 is 1. The molecule has 1 aromatic carbocycles. The maximum atomic E-state index is 11.6. The fourth-order valence-electron chi connectivity index (χ4n) is 2.14. The molecule has 0 radical (unpaired) electrons. The molecule has 0 aliphatic carbocycles. The van der Waals surface area contributed by atoms with Crippen molar-refractivity contribution in [2.24, 2.45) is 0 Å². The number of hydrogen-bond donors (Lipinski definition) is 2. The van der Waals surface area contributed by atoms with Gasteiger partial charge in [-0.3, -0.25) is 9.36 Å². The lowest BCUT2D eigenvalue weighted by molar-refractivity contribution is -0.142. The lowest BCUT2D eigenvalue weighted by Crippen LogP contribution is -2.25. The molecule has 0 amide bonds. The van der Waals surface area contributed by atoms with Crippen LogP contribution < -0.4 is 0 Å². The number of fused-ring (bicyclic) bond motifs is 3. The first-order chi connectivity index (χ1) is 9.52. The predicted octanol–water partition coefficient (Wildman–Crippen LogP) is 1.29. The summed E-state index contributed by atoms with van der Waals surface area (Å²) in [4.78, 5) is 26.8. The second-order valence-electron chi connectivity index (χ2n) is 4.25. The number of aromatic carboxylic acids is 1. The van der Waals surface area contributed by atoms with Crippen LogP contribution >= 0.6 is 24.2 Å². The average Bonchev–Trinajstić information content (AvgIpc) is 2.94. The third kappa shape index (κ3) is 2.35. The number of thioether (sulfide) groups is 1. The highest BCUT2D eigenvalue weighted by Gasteiger charge is 2.40. The van der Waals surface area contributed by atoms with Crippen LogP contribution in [0.25, 0.3) is 11.0 Å². The van der Waals surface area contributed by atoms with Gasteiger partial charge in [0.2, 0.25) is 0 Å². The Labute approximate surface area is 129 Å². The monoisotopic (exact) mass is 330 g/mol.